The molecule has 0 atom stereocenters. The van der Waals surface area contributed by atoms with Gasteiger partial charge in [-0.15, -0.1) is 0 Å². The fourth-order valence-corrected chi connectivity index (χ4v) is 1.88. The molecule has 16 heavy (non-hydrogen) atoms. The molecule has 0 unspecified atom stereocenters. The van der Waals surface area contributed by atoms with Gasteiger partial charge in [0.05, 0.1) is 17.1 Å². The zero-order chi connectivity index (χ0) is 11.0. The summed E-state index contributed by atoms with van der Waals surface area (Å²) in [5.41, 5.74) is 0.588. The van der Waals surface area contributed by atoms with Crippen LogP contribution in [0.25, 0.3) is 21.7 Å². The van der Waals surface area contributed by atoms with Crippen LogP contribution in [-0.4, -0.2) is 10.2 Å². The molecule has 0 radical (unpaired) electrons. The lowest BCUT2D eigenvalue weighted by molar-refractivity contribution is 1.09. The zero-order valence-corrected chi connectivity index (χ0v) is 8.42. The minimum absolute atomic E-state index is 0.0446. The molecule has 0 aliphatic carbocycles. The minimum Gasteiger partial charge on any atom is -0.289 e. The Morgan fingerprint density at radius 2 is 1.81 bits per heavy atom. The molecule has 0 spiro atoms. The van der Waals surface area contributed by atoms with E-state index in [1.165, 1.54) is 12.3 Å². The van der Waals surface area contributed by atoms with Gasteiger partial charge in [0.25, 0.3) is 0 Å². The predicted octanol–water partition coefficient (Wildman–Crippen LogP) is 2.14. The highest BCUT2D eigenvalue weighted by molar-refractivity contribution is 6.05. The monoisotopic (exact) mass is 208 g/mol. The lowest BCUT2D eigenvalue weighted by Gasteiger charge is -1.98. The molecule has 0 aliphatic heterocycles. The number of nitrogens with zero attached hydrogens (tertiary/aromatic N) is 2. The number of benzene rings is 2. The summed E-state index contributed by atoms with van der Waals surface area (Å²) in [5.74, 6) is 0. The van der Waals surface area contributed by atoms with Crippen LogP contribution in [0.15, 0.2) is 53.5 Å². The van der Waals surface area contributed by atoms with Gasteiger partial charge in [0, 0.05) is 6.07 Å². The van der Waals surface area contributed by atoms with E-state index in [4.69, 9.17) is 0 Å². The third-order valence-electron chi connectivity index (χ3n) is 2.61. The fraction of sp³-hybridized carbons (Fsp3) is 0. The van der Waals surface area contributed by atoms with Gasteiger partial charge in [0.1, 0.15) is 0 Å². The second-order valence-electron chi connectivity index (χ2n) is 3.58. The highest BCUT2D eigenvalue weighted by atomic mass is 16.1. The molecule has 3 nitrogen and oxygen atoms in total. The summed E-state index contributed by atoms with van der Waals surface area (Å²) in [7, 11) is 0. The maximum absolute atomic E-state index is 11.9. The lowest BCUT2D eigenvalue weighted by atomic mass is 10.1. The average Bonchev–Trinajstić information content (AvgIpc) is 2.51. The SMILES string of the molecule is O=c1ccnnc2ccc3ccccc3c12. The Morgan fingerprint density at radius 1 is 0.938 bits per heavy atom. The van der Waals surface area contributed by atoms with Crippen molar-refractivity contribution in [3.63, 3.8) is 0 Å². The van der Waals surface area contributed by atoms with Crippen LogP contribution in [0.3, 0.4) is 0 Å². The van der Waals surface area contributed by atoms with Crippen LogP contribution < -0.4 is 5.43 Å². The van der Waals surface area contributed by atoms with Crippen LogP contribution in [0.4, 0.5) is 0 Å². The smallest absolute Gasteiger partial charge is 0.190 e. The molecule has 0 saturated heterocycles. The Morgan fingerprint density at radius 3 is 2.75 bits per heavy atom. The molecule has 2 aromatic carbocycles. The van der Waals surface area contributed by atoms with E-state index in [9.17, 15) is 4.79 Å². The van der Waals surface area contributed by atoms with Crippen LogP contribution in [-0.2, 0) is 0 Å². The summed E-state index contributed by atoms with van der Waals surface area (Å²) in [5, 5.41) is 10.4. The molecule has 3 rings (SSSR count). The third kappa shape index (κ3) is 1.26. The van der Waals surface area contributed by atoms with Crippen molar-refractivity contribution in [3.05, 3.63) is 58.9 Å². The quantitative estimate of drug-likeness (QED) is 0.568. The topological polar surface area (TPSA) is 42.9 Å². The molecule has 3 heteroatoms. The summed E-state index contributed by atoms with van der Waals surface area (Å²) >= 11 is 0. The molecule has 76 valence electrons. The summed E-state index contributed by atoms with van der Waals surface area (Å²) in [6.45, 7) is 0. The molecular formula is C13H8N2O. The maximum Gasteiger partial charge on any atom is 0.190 e. The summed E-state index contributed by atoms with van der Waals surface area (Å²) in [6.07, 6.45) is 1.43. The summed E-state index contributed by atoms with van der Waals surface area (Å²) in [4.78, 5) is 11.9. The molecule has 3 aromatic rings. The van der Waals surface area contributed by atoms with Crippen LogP contribution >= 0.6 is 0 Å². The van der Waals surface area contributed by atoms with E-state index < -0.39 is 0 Å². The highest BCUT2D eigenvalue weighted by Gasteiger charge is 2.02. The minimum atomic E-state index is -0.0446. The number of hydrogen-bond donors (Lipinski definition) is 0. The number of rotatable bonds is 0. The molecule has 0 saturated carbocycles. The van der Waals surface area contributed by atoms with Crippen LogP contribution in [0.1, 0.15) is 0 Å². The van der Waals surface area contributed by atoms with Crippen LogP contribution in [0, 0.1) is 0 Å². The second-order valence-corrected chi connectivity index (χ2v) is 3.58. The lowest BCUT2D eigenvalue weighted by Crippen LogP contribution is -1.95. The molecule has 1 heterocycles. The Labute approximate surface area is 91.4 Å². The van der Waals surface area contributed by atoms with Crippen molar-refractivity contribution in [3.8, 4) is 0 Å². The van der Waals surface area contributed by atoms with Crippen molar-refractivity contribution < 1.29 is 0 Å². The van der Waals surface area contributed by atoms with Gasteiger partial charge in [-0.1, -0.05) is 30.3 Å². The Balaban J connectivity index is 2.71. The van der Waals surface area contributed by atoms with E-state index in [0.29, 0.717) is 10.9 Å². The van der Waals surface area contributed by atoms with Gasteiger partial charge in [0.2, 0.25) is 0 Å². The van der Waals surface area contributed by atoms with Crippen molar-refractivity contribution in [1.82, 2.24) is 10.2 Å². The Kier molecular flexibility index (Phi) is 1.90. The fourth-order valence-electron chi connectivity index (χ4n) is 1.88. The van der Waals surface area contributed by atoms with Gasteiger partial charge in [-0.25, -0.2) is 0 Å². The standard InChI is InChI=1S/C13H8N2O/c16-12-7-8-14-15-11-6-5-9-3-1-2-4-10(9)13(11)12/h1-8H. The van der Waals surface area contributed by atoms with Gasteiger partial charge < -0.3 is 0 Å². The maximum atomic E-state index is 11.9. The van der Waals surface area contributed by atoms with Crippen molar-refractivity contribution in [1.29, 1.82) is 0 Å². The van der Waals surface area contributed by atoms with Gasteiger partial charge in [0.15, 0.2) is 5.43 Å². The van der Waals surface area contributed by atoms with Gasteiger partial charge in [-0.2, -0.15) is 10.2 Å². The van der Waals surface area contributed by atoms with Crippen molar-refractivity contribution >= 4 is 21.7 Å². The van der Waals surface area contributed by atoms with Crippen LogP contribution in [0.5, 0.6) is 0 Å². The summed E-state index contributed by atoms with van der Waals surface area (Å²) < 4.78 is 0. The van der Waals surface area contributed by atoms with Gasteiger partial charge >= 0.3 is 0 Å². The Bertz CT molecular complexity index is 738. The molecule has 0 amide bonds. The predicted molar refractivity (Wildman–Crippen MR) is 63.3 cm³/mol. The molecule has 0 bridgehead atoms. The number of fused-ring (bicyclic) bond motifs is 3. The molecular weight excluding hydrogens is 200 g/mol. The van der Waals surface area contributed by atoms with Crippen LogP contribution in [0.2, 0.25) is 0 Å². The number of aromatic nitrogens is 2. The zero-order valence-electron chi connectivity index (χ0n) is 8.42. The van der Waals surface area contributed by atoms with Crippen molar-refractivity contribution in [2.45, 2.75) is 0 Å². The van der Waals surface area contributed by atoms with Gasteiger partial charge in [-0.3, -0.25) is 4.79 Å². The molecule has 0 N–H and O–H groups in total. The largest absolute Gasteiger partial charge is 0.289 e. The van der Waals surface area contributed by atoms with E-state index in [2.05, 4.69) is 10.2 Å². The first-order valence-corrected chi connectivity index (χ1v) is 5.00. The van der Waals surface area contributed by atoms with Crippen molar-refractivity contribution in [2.24, 2.45) is 0 Å². The normalized spacial score (nSPS) is 10.8. The highest BCUT2D eigenvalue weighted by Crippen LogP contribution is 2.20. The van der Waals surface area contributed by atoms with E-state index in [0.717, 1.165) is 10.8 Å². The van der Waals surface area contributed by atoms with E-state index in [1.54, 1.807) is 0 Å². The average molecular weight is 208 g/mol. The molecule has 1 aromatic heterocycles. The third-order valence-corrected chi connectivity index (χ3v) is 2.61. The van der Waals surface area contributed by atoms with Gasteiger partial charge in [-0.05, 0) is 16.8 Å². The molecule has 0 fully saturated rings. The second kappa shape index (κ2) is 3.38. The first kappa shape index (κ1) is 8.97. The first-order valence-electron chi connectivity index (χ1n) is 5.00. The van der Waals surface area contributed by atoms with E-state index in [-0.39, 0.29) is 5.43 Å². The van der Waals surface area contributed by atoms with E-state index >= 15 is 0 Å². The Hall–Kier alpha value is -2.29. The van der Waals surface area contributed by atoms with Crippen molar-refractivity contribution in [2.75, 3.05) is 0 Å². The number of hydrogen-bond acceptors (Lipinski definition) is 3. The molecule has 0 aliphatic rings. The summed E-state index contributed by atoms with van der Waals surface area (Å²) in [6, 6.07) is 13.0. The first-order chi connectivity index (χ1) is 7.86. The van der Waals surface area contributed by atoms with E-state index in [1.807, 2.05) is 36.4 Å².